The molecule has 1 atom stereocenters. The van der Waals surface area contributed by atoms with Crippen LogP contribution in [0.2, 0.25) is 0 Å². The quantitative estimate of drug-likeness (QED) is 0.791. The van der Waals surface area contributed by atoms with Crippen molar-refractivity contribution in [1.82, 2.24) is 9.97 Å². The third-order valence-electron chi connectivity index (χ3n) is 3.41. The van der Waals surface area contributed by atoms with Crippen LogP contribution in [-0.4, -0.2) is 17.1 Å². The van der Waals surface area contributed by atoms with Crippen LogP contribution in [0, 0.1) is 0 Å². The summed E-state index contributed by atoms with van der Waals surface area (Å²) in [5.74, 6) is 0.688. The van der Waals surface area contributed by atoms with Gasteiger partial charge in [0.15, 0.2) is 0 Å². The highest BCUT2D eigenvalue weighted by atomic mass is 16.5. The highest BCUT2D eigenvalue weighted by Gasteiger charge is 2.16. The molecule has 0 fully saturated rings. The van der Waals surface area contributed by atoms with Gasteiger partial charge < -0.3 is 10.5 Å². The zero-order valence-corrected chi connectivity index (χ0v) is 11.2. The van der Waals surface area contributed by atoms with Gasteiger partial charge in [-0.1, -0.05) is 24.3 Å². The highest BCUT2D eigenvalue weighted by Crippen LogP contribution is 2.30. The summed E-state index contributed by atoms with van der Waals surface area (Å²) in [5, 5.41) is 2.18. The molecule has 0 spiro atoms. The molecule has 3 rings (SSSR count). The van der Waals surface area contributed by atoms with Crippen LogP contribution in [0.25, 0.3) is 10.8 Å². The SMILES string of the molecule is COc1cnccc1C(N)c1cncc2ccccc12. The zero-order chi connectivity index (χ0) is 13.9. The van der Waals surface area contributed by atoms with Crippen LogP contribution in [0.4, 0.5) is 0 Å². The van der Waals surface area contributed by atoms with Crippen LogP contribution >= 0.6 is 0 Å². The molecule has 4 nitrogen and oxygen atoms in total. The Balaban J connectivity index is 2.15. The summed E-state index contributed by atoms with van der Waals surface area (Å²) >= 11 is 0. The fourth-order valence-electron chi connectivity index (χ4n) is 2.37. The Bertz CT molecular complexity index is 737. The number of hydrogen-bond donors (Lipinski definition) is 1. The molecule has 0 aliphatic carbocycles. The van der Waals surface area contributed by atoms with E-state index in [0.29, 0.717) is 5.75 Å². The van der Waals surface area contributed by atoms with Crippen LogP contribution in [0.15, 0.2) is 55.1 Å². The molecule has 20 heavy (non-hydrogen) atoms. The number of ether oxygens (including phenoxy) is 1. The van der Waals surface area contributed by atoms with Gasteiger partial charge in [-0.3, -0.25) is 9.97 Å². The lowest BCUT2D eigenvalue weighted by molar-refractivity contribution is 0.406. The normalized spacial score (nSPS) is 12.3. The molecule has 2 N–H and O–H groups in total. The van der Waals surface area contributed by atoms with E-state index >= 15 is 0 Å². The Labute approximate surface area is 117 Å². The standard InChI is InChI=1S/C16H15N3O/c1-20-15-10-18-7-6-13(15)16(17)14-9-19-8-11-4-2-3-5-12(11)14/h2-10,16H,17H2,1H3. The van der Waals surface area contributed by atoms with Crippen molar-refractivity contribution in [2.45, 2.75) is 6.04 Å². The van der Waals surface area contributed by atoms with E-state index in [1.807, 2.05) is 36.7 Å². The average Bonchev–Trinajstić information content (AvgIpc) is 2.53. The largest absolute Gasteiger partial charge is 0.495 e. The summed E-state index contributed by atoms with van der Waals surface area (Å²) < 4.78 is 5.34. The van der Waals surface area contributed by atoms with Gasteiger partial charge >= 0.3 is 0 Å². The smallest absolute Gasteiger partial charge is 0.142 e. The number of nitrogens with two attached hydrogens (primary N) is 1. The van der Waals surface area contributed by atoms with Gasteiger partial charge in [-0.2, -0.15) is 0 Å². The van der Waals surface area contributed by atoms with Crippen molar-refractivity contribution in [2.24, 2.45) is 5.73 Å². The van der Waals surface area contributed by atoms with Gasteiger partial charge in [-0.25, -0.2) is 0 Å². The topological polar surface area (TPSA) is 61.0 Å². The van der Waals surface area contributed by atoms with Crippen molar-refractivity contribution in [1.29, 1.82) is 0 Å². The molecule has 2 aromatic heterocycles. The molecule has 3 aromatic rings. The van der Waals surface area contributed by atoms with Crippen molar-refractivity contribution in [3.05, 3.63) is 66.2 Å². The van der Waals surface area contributed by atoms with E-state index in [1.54, 1.807) is 19.5 Å². The molecule has 1 aromatic carbocycles. The molecule has 1 unspecified atom stereocenters. The lowest BCUT2D eigenvalue weighted by atomic mass is 9.96. The van der Waals surface area contributed by atoms with Crippen LogP contribution in [-0.2, 0) is 0 Å². The van der Waals surface area contributed by atoms with Crippen molar-refractivity contribution in [2.75, 3.05) is 7.11 Å². The first-order chi connectivity index (χ1) is 9.81. The number of fused-ring (bicyclic) bond motifs is 1. The number of pyridine rings is 2. The molecular formula is C16H15N3O. The predicted molar refractivity (Wildman–Crippen MR) is 78.6 cm³/mol. The Morgan fingerprint density at radius 1 is 1.00 bits per heavy atom. The summed E-state index contributed by atoms with van der Waals surface area (Å²) in [5.41, 5.74) is 8.29. The second-order valence-corrected chi connectivity index (χ2v) is 4.55. The molecule has 0 saturated heterocycles. The first-order valence-electron chi connectivity index (χ1n) is 6.37. The Morgan fingerprint density at radius 2 is 1.85 bits per heavy atom. The maximum Gasteiger partial charge on any atom is 0.142 e. The molecule has 0 amide bonds. The fraction of sp³-hybridized carbons (Fsp3) is 0.125. The summed E-state index contributed by atoms with van der Waals surface area (Å²) in [6.07, 6.45) is 7.05. The van der Waals surface area contributed by atoms with Gasteiger partial charge in [0.2, 0.25) is 0 Å². The van der Waals surface area contributed by atoms with Gasteiger partial charge in [0.1, 0.15) is 5.75 Å². The lowest BCUT2D eigenvalue weighted by Gasteiger charge is -2.17. The molecule has 0 saturated carbocycles. The van der Waals surface area contributed by atoms with Crippen molar-refractivity contribution < 1.29 is 4.74 Å². The molecule has 0 bridgehead atoms. The molecule has 4 heteroatoms. The maximum absolute atomic E-state index is 6.41. The second-order valence-electron chi connectivity index (χ2n) is 4.55. The summed E-state index contributed by atoms with van der Waals surface area (Å²) in [6, 6.07) is 9.66. The summed E-state index contributed by atoms with van der Waals surface area (Å²) in [6.45, 7) is 0. The summed E-state index contributed by atoms with van der Waals surface area (Å²) in [7, 11) is 1.62. The molecular weight excluding hydrogens is 250 g/mol. The number of benzene rings is 1. The minimum Gasteiger partial charge on any atom is -0.495 e. The van der Waals surface area contributed by atoms with Gasteiger partial charge in [-0.05, 0) is 17.0 Å². The fourth-order valence-corrected chi connectivity index (χ4v) is 2.37. The van der Waals surface area contributed by atoms with E-state index in [2.05, 4.69) is 16.0 Å². The number of methoxy groups -OCH3 is 1. The minimum atomic E-state index is -0.299. The Hall–Kier alpha value is -2.46. The van der Waals surface area contributed by atoms with Gasteiger partial charge in [-0.15, -0.1) is 0 Å². The predicted octanol–water partition coefficient (Wildman–Crippen LogP) is 2.69. The van der Waals surface area contributed by atoms with E-state index in [9.17, 15) is 0 Å². The van der Waals surface area contributed by atoms with Crippen molar-refractivity contribution >= 4 is 10.8 Å². The van der Waals surface area contributed by atoms with Gasteiger partial charge in [0, 0.05) is 29.5 Å². The number of rotatable bonds is 3. The molecule has 100 valence electrons. The van der Waals surface area contributed by atoms with Gasteiger partial charge in [0.05, 0.1) is 19.3 Å². The van der Waals surface area contributed by atoms with E-state index in [0.717, 1.165) is 21.9 Å². The van der Waals surface area contributed by atoms with Crippen LogP contribution in [0.1, 0.15) is 17.2 Å². The Kier molecular flexibility index (Phi) is 3.31. The monoisotopic (exact) mass is 265 g/mol. The molecule has 0 aliphatic heterocycles. The van der Waals surface area contributed by atoms with Crippen molar-refractivity contribution in [3.8, 4) is 5.75 Å². The lowest BCUT2D eigenvalue weighted by Crippen LogP contribution is -2.14. The van der Waals surface area contributed by atoms with E-state index in [1.165, 1.54) is 0 Å². The van der Waals surface area contributed by atoms with Crippen LogP contribution in [0.3, 0.4) is 0 Å². The average molecular weight is 265 g/mol. The Morgan fingerprint density at radius 3 is 2.70 bits per heavy atom. The first-order valence-corrected chi connectivity index (χ1v) is 6.37. The third kappa shape index (κ3) is 2.10. The number of nitrogens with zero attached hydrogens (tertiary/aromatic N) is 2. The second kappa shape index (κ2) is 5.27. The van der Waals surface area contributed by atoms with Crippen LogP contribution < -0.4 is 10.5 Å². The van der Waals surface area contributed by atoms with Gasteiger partial charge in [0.25, 0.3) is 0 Å². The number of hydrogen-bond acceptors (Lipinski definition) is 4. The maximum atomic E-state index is 6.41. The van der Waals surface area contributed by atoms with E-state index in [4.69, 9.17) is 10.5 Å². The third-order valence-corrected chi connectivity index (χ3v) is 3.41. The molecule has 2 heterocycles. The van der Waals surface area contributed by atoms with Crippen molar-refractivity contribution in [3.63, 3.8) is 0 Å². The number of aromatic nitrogens is 2. The summed E-state index contributed by atoms with van der Waals surface area (Å²) in [4.78, 5) is 8.34. The minimum absolute atomic E-state index is 0.299. The molecule has 0 aliphatic rings. The van der Waals surface area contributed by atoms with E-state index in [-0.39, 0.29) is 6.04 Å². The zero-order valence-electron chi connectivity index (χ0n) is 11.2. The first kappa shape index (κ1) is 12.6. The highest BCUT2D eigenvalue weighted by molar-refractivity contribution is 5.85. The van der Waals surface area contributed by atoms with Crippen LogP contribution in [0.5, 0.6) is 5.75 Å². The van der Waals surface area contributed by atoms with E-state index < -0.39 is 0 Å². The molecule has 0 radical (unpaired) electrons.